The maximum atomic E-state index is 5.45. The highest BCUT2D eigenvalue weighted by atomic mass is 15.2. The Hall–Kier alpha value is -1.06. The lowest BCUT2D eigenvalue weighted by atomic mass is 9.70. The Labute approximate surface area is 98.2 Å². The summed E-state index contributed by atoms with van der Waals surface area (Å²) in [5.74, 6) is 10.9. The quantitative estimate of drug-likeness (QED) is 0.489. The van der Waals surface area contributed by atoms with Crippen molar-refractivity contribution in [2.75, 3.05) is 0 Å². The van der Waals surface area contributed by atoms with Gasteiger partial charge in [-0.05, 0) is 36.5 Å². The third-order valence-corrected chi connectivity index (χ3v) is 3.42. The highest BCUT2D eigenvalue weighted by molar-refractivity contribution is 6.42. The summed E-state index contributed by atoms with van der Waals surface area (Å²) < 4.78 is 0. The van der Waals surface area contributed by atoms with E-state index in [0.29, 0.717) is 0 Å². The molecule has 1 rings (SSSR count). The molecule has 4 N–H and O–H groups in total. The molecule has 0 aromatic rings. The van der Waals surface area contributed by atoms with Crippen LogP contribution in [-0.2, 0) is 0 Å². The molecule has 4 nitrogen and oxygen atoms in total. The Kier molecular flexibility index (Phi) is 3.61. The van der Waals surface area contributed by atoms with Crippen LogP contribution in [-0.4, -0.2) is 11.4 Å². The molecule has 0 amide bonds. The molecule has 1 saturated carbocycles. The Morgan fingerprint density at radius 1 is 0.812 bits per heavy atom. The zero-order chi connectivity index (χ0) is 12.4. The summed E-state index contributed by atoms with van der Waals surface area (Å²) in [6, 6.07) is 0. The van der Waals surface area contributed by atoms with Crippen LogP contribution in [0.3, 0.4) is 0 Å². The molecule has 92 valence electrons. The van der Waals surface area contributed by atoms with Crippen molar-refractivity contribution in [1.29, 1.82) is 0 Å². The lowest BCUT2D eigenvalue weighted by molar-refractivity contribution is 0.246. The molecule has 0 unspecified atom stereocenters. The van der Waals surface area contributed by atoms with E-state index in [0.717, 1.165) is 24.3 Å². The van der Waals surface area contributed by atoms with E-state index in [2.05, 4.69) is 37.9 Å². The monoisotopic (exact) mass is 224 g/mol. The first-order valence-electron chi connectivity index (χ1n) is 5.83. The second-order valence-corrected chi connectivity index (χ2v) is 6.33. The van der Waals surface area contributed by atoms with Gasteiger partial charge in [0.15, 0.2) is 0 Å². The van der Waals surface area contributed by atoms with Crippen molar-refractivity contribution < 1.29 is 0 Å². The SMILES string of the molecule is CC1(C)CCC(C)(C)CC(=N/N)/C(=N\N)C1. The fraction of sp³-hybridized carbons (Fsp3) is 0.833. The van der Waals surface area contributed by atoms with Crippen LogP contribution in [0.25, 0.3) is 0 Å². The van der Waals surface area contributed by atoms with Crippen LogP contribution in [0.15, 0.2) is 10.2 Å². The van der Waals surface area contributed by atoms with Gasteiger partial charge in [0.1, 0.15) is 0 Å². The summed E-state index contributed by atoms with van der Waals surface area (Å²) in [6.07, 6.45) is 4.07. The van der Waals surface area contributed by atoms with Crippen LogP contribution in [0.1, 0.15) is 53.4 Å². The molecule has 0 spiro atoms. The predicted octanol–water partition coefficient (Wildman–Crippen LogP) is 2.24. The van der Waals surface area contributed by atoms with E-state index in [1.165, 1.54) is 12.8 Å². The first kappa shape index (κ1) is 13.0. The van der Waals surface area contributed by atoms with Crippen LogP contribution in [0.5, 0.6) is 0 Å². The normalized spacial score (nSPS) is 30.0. The zero-order valence-electron chi connectivity index (χ0n) is 10.9. The fourth-order valence-corrected chi connectivity index (χ4v) is 2.20. The standard InChI is InChI=1S/C12H24N4/c1-11(2)5-6-12(3,4)8-10(16-14)9(7-11)15-13/h5-8,13-14H2,1-4H3/b15-9-,16-10-. The minimum atomic E-state index is 0.214. The van der Waals surface area contributed by atoms with Crippen molar-refractivity contribution in [3.05, 3.63) is 0 Å². The van der Waals surface area contributed by atoms with Crippen molar-refractivity contribution >= 4 is 11.4 Å². The molecule has 16 heavy (non-hydrogen) atoms. The molecular formula is C12H24N4. The van der Waals surface area contributed by atoms with E-state index in [4.69, 9.17) is 11.7 Å². The van der Waals surface area contributed by atoms with Crippen LogP contribution >= 0.6 is 0 Å². The van der Waals surface area contributed by atoms with Crippen molar-refractivity contribution in [2.45, 2.75) is 53.4 Å². The van der Waals surface area contributed by atoms with Crippen LogP contribution in [0, 0.1) is 10.8 Å². The molecule has 0 aliphatic heterocycles. The van der Waals surface area contributed by atoms with E-state index < -0.39 is 0 Å². The molecule has 0 aromatic carbocycles. The summed E-state index contributed by atoms with van der Waals surface area (Å²) in [6.45, 7) is 8.98. The Morgan fingerprint density at radius 2 is 1.12 bits per heavy atom. The number of rotatable bonds is 0. The minimum Gasteiger partial charge on any atom is -0.323 e. The minimum absolute atomic E-state index is 0.214. The van der Waals surface area contributed by atoms with Crippen molar-refractivity contribution in [1.82, 2.24) is 0 Å². The molecule has 1 aliphatic rings. The smallest absolute Gasteiger partial charge is 0.0838 e. The average Bonchev–Trinajstić information content (AvgIpc) is 2.19. The van der Waals surface area contributed by atoms with Gasteiger partial charge in [-0.25, -0.2) is 0 Å². The number of nitrogens with two attached hydrogens (primary N) is 2. The van der Waals surface area contributed by atoms with E-state index in [-0.39, 0.29) is 10.8 Å². The summed E-state index contributed by atoms with van der Waals surface area (Å²) in [5.41, 5.74) is 2.15. The van der Waals surface area contributed by atoms with Gasteiger partial charge >= 0.3 is 0 Å². The van der Waals surface area contributed by atoms with Gasteiger partial charge in [-0.2, -0.15) is 10.2 Å². The van der Waals surface area contributed by atoms with Gasteiger partial charge < -0.3 is 11.7 Å². The summed E-state index contributed by atoms with van der Waals surface area (Å²) in [4.78, 5) is 0. The second kappa shape index (κ2) is 4.44. The predicted molar refractivity (Wildman–Crippen MR) is 69.3 cm³/mol. The third-order valence-electron chi connectivity index (χ3n) is 3.42. The molecule has 1 fully saturated rings. The van der Waals surface area contributed by atoms with Gasteiger partial charge in [-0.1, -0.05) is 27.7 Å². The largest absolute Gasteiger partial charge is 0.323 e. The van der Waals surface area contributed by atoms with Crippen molar-refractivity contribution in [3.8, 4) is 0 Å². The maximum absolute atomic E-state index is 5.45. The lowest BCUT2D eigenvalue weighted by Gasteiger charge is -2.35. The number of hydrogen-bond acceptors (Lipinski definition) is 4. The van der Waals surface area contributed by atoms with Gasteiger partial charge in [0.05, 0.1) is 11.4 Å². The van der Waals surface area contributed by atoms with Crippen LogP contribution in [0.2, 0.25) is 0 Å². The van der Waals surface area contributed by atoms with Gasteiger partial charge in [0, 0.05) is 0 Å². The number of hydrogen-bond donors (Lipinski definition) is 2. The zero-order valence-corrected chi connectivity index (χ0v) is 10.9. The maximum Gasteiger partial charge on any atom is 0.0838 e. The van der Waals surface area contributed by atoms with Crippen LogP contribution < -0.4 is 11.7 Å². The van der Waals surface area contributed by atoms with Gasteiger partial charge in [0.2, 0.25) is 0 Å². The molecule has 0 heterocycles. The van der Waals surface area contributed by atoms with Gasteiger partial charge in [0.25, 0.3) is 0 Å². The third kappa shape index (κ3) is 3.22. The fourth-order valence-electron chi connectivity index (χ4n) is 2.20. The summed E-state index contributed by atoms with van der Waals surface area (Å²) >= 11 is 0. The van der Waals surface area contributed by atoms with E-state index in [1.807, 2.05) is 0 Å². The molecule has 0 atom stereocenters. The highest BCUT2D eigenvalue weighted by Crippen LogP contribution is 2.38. The van der Waals surface area contributed by atoms with Gasteiger partial charge in [-0.3, -0.25) is 0 Å². The molecule has 0 bridgehead atoms. The first-order valence-corrected chi connectivity index (χ1v) is 5.83. The Balaban J connectivity index is 3.04. The second-order valence-electron chi connectivity index (χ2n) is 6.33. The average molecular weight is 224 g/mol. The van der Waals surface area contributed by atoms with Crippen LogP contribution in [0.4, 0.5) is 0 Å². The first-order chi connectivity index (χ1) is 7.29. The topological polar surface area (TPSA) is 76.8 Å². The van der Waals surface area contributed by atoms with E-state index in [9.17, 15) is 0 Å². The van der Waals surface area contributed by atoms with Crippen molar-refractivity contribution in [3.63, 3.8) is 0 Å². The lowest BCUT2D eigenvalue weighted by Crippen LogP contribution is -2.33. The molecule has 1 aliphatic carbocycles. The van der Waals surface area contributed by atoms with E-state index >= 15 is 0 Å². The Bertz CT molecular complexity index is 281. The molecule has 0 radical (unpaired) electrons. The summed E-state index contributed by atoms with van der Waals surface area (Å²) in [5, 5.41) is 7.74. The van der Waals surface area contributed by atoms with Crippen molar-refractivity contribution in [2.24, 2.45) is 32.7 Å². The number of nitrogens with zero attached hydrogens (tertiary/aromatic N) is 2. The molecular weight excluding hydrogens is 200 g/mol. The molecule has 0 saturated heterocycles. The van der Waals surface area contributed by atoms with Gasteiger partial charge in [-0.15, -0.1) is 0 Å². The van der Waals surface area contributed by atoms with E-state index in [1.54, 1.807) is 0 Å². The highest BCUT2D eigenvalue weighted by Gasteiger charge is 2.32. The Morgan fingerprint density at radius 3 is 1.38 bits per heavy atom. The number of hydrazone groups is 2. The summed E-state index contributed by atoms with van der Waals surface area (Å²) in [7, 11) is 0. The molecule has 0 aromatic heterocycles. The molecule has 4 heteroatoms.